The van der Waals surface area contributed by atoms with Crippen molar-refractivity contribution in [1.29, 1.82) is 0 Å². The molecule has 1 N–H and O–H groups in total. The fourth-order valence-electron chi connectivity index (χ4n) is 1.96. The van der Waals surface area contributed by atoms with Crippen molar-refractivity contribution in [2.24, 2.45) is 0 Å². The number of halogens is 2. The van der Waals surface area contributed by atoms with Crippen LogP contribution in [-0.4, -0.2) is 11.0 Å². The minimum atomic E-state index is -0.637. The first kappa shape index (κ1) is 10.3. The van der Waals surface area contributed by atoms with Gasteiger partial charge in [0.15, 0.2) is 11.6 Å². The van der Waals surface area contributed by atoms with Crippen molar-refractivity contribution in [1.82, 2.24) is 4.98 Å². The van der Waals surface area contributed by atoms with Gasteiger partial charge in [-0.2, -0.15) is 0 Å². The molecule has 0 aromatic carbocycles. The molecule has 0 unspecified atom stereocenters. The predicted octanol–water partition coefficient (Wildman–Crippen LogP) is 3.10. The molecule has 1 aliphatic carbocycles. The van der Waals surface area contributed by atoms with Crippen molar-refractivity contribution in [2.45, 2.75) is 38.1 Å². The van der Waals surface area contributed by atoms with Crippen LogP contribution in [0.3, 0.4) is 0 Å². The Morgan fingerprint density at radius 1 is 1.20 bits per heavy atom. The molecule has 1 aromatic heterocycles. The Labute approximate surface area is 87.7 Å². The van der Waals surface area contributed by atoms with E-state index in [1.807, 2.05) is 0 Å². The molecule has 0 spiro atoms. The Morgan fingerprint density at radius 3 is 2.60 bits per heavy atom. The van der Waals surface area contributed by atoms with E-state index >= 15 is 0 Å². The molecule has 1 fully saturated rings. The van der Waals surface area contributed by atoms with Gasteiger partial charge in [-0.05, 0) is 12.8 Å². The lowest BCUT2D eigenvalue weighted by atomic mass is 9.95. The minimum Gasteiger partial charge on any atom is -0.365 e. The van der Waals surface area contributed by atoms with Gasteiger partial charge in [-0.1, -0.05) is 19.3 Å². The Hall–Kier alpha value is -1.19. The molecule has 4 heteroatoms. The highest BCUT2D eigenvalue weighted by atomic mass is 19.1. The van der Waals surface area contributed by atoms with Crippen LogP contribution in [0.5, 0.6) is 0 Å². The van der Waals surface area contributed by atoms with Crippen LogP contribution in [0.25, 0.3) is 0 Å². The second kappa shape index (κ2) is 4.55. The Morgan fingerprint density at radius 2 is 1.93 bits per heavy atom. The second-order valence-electron chi connectivity index (χ2n) is 3.96. The van der Waals surface area contributed by atoms with Crippen LogP contribution < -0.4 is 5.32 Å². The third kappa shape index (κ3) is 2.64. The van der Waals surface area contributed by atoms with E-state index in [1.54, 1.807) is 0 Å². The molecule has 82 valence electrons. The van der Waals surface area contributed by atoms with E-state index in [9.17, 15) is 8.78 Å². The van der Waals surface area contributed by atoms with Crippen LogP contribution in [0.2, 0.25) is 0 Å². The monoisotopic (exact) mass is 212 g/mol. The normalized spacial score (nSPS) is 17.7. The van der Waals surface area contributed by atoms with E-state index in [2.05, 4.69) is 10.3 Å². The molecule has 2 rings (SSSR count). The van der Waals surface area contributed by atoms with Crippen molar-refractivity contribution in [3.63, 3.8) is 0 Å². The molecule has 0 saturated heterocycles. The van der Waals surface area contributed by atoms with E-state index in [4.69, 9.17) is 0 Å². The molecular weight excluding hydrogens is 198 g/mol. The molecule has 2 nitrogen and oxygen atoms in total. The van der Waals surface area contributed by atoms with Gasteiger partial charge in [0.1, 0.15) is 5.82 Å². The van der Waals surface area contributed by atoms with Gasteiger partial charge in [0.05, 0.1) is 6.20 Å². The minimum absolute atomic E-state index is 0.170. The Balaban J connectivity index is 2.03. The van der Waals surface area contributed by atoms with E-state index in [0.29, 0.717) is 0 Å². The first-order valence-electron chi connectivity index (χ1n) is 5.33. The third-order valence-corrected chi connectivity index (χ3v) is 2.75. The summed E-state index contributed by atoms with van der Waals surface area (Å²) in [4.78, 5) is 3.71. The average molecular weight is 212 g/mol. The first-order chi connectivity index (χ1) is 7.25. The molecule has 1 aromatic rings. The van der Waals surface area contributed by atoms with Crippen LogP contribution in [-0.2, 0) is 0 Å². The number of hydrogen-bond acceptors (Lipinski definition) is 2. The van der Waals surface area contributed by atoms with Gasteiger partial charge < -0.3 is 5.32 Å². The Kier molecular flexibility index (Phi) is 3.14. The molecule has 1 saturated carbocycles. The van der Waals surface area contributed by atoms with Crippen molar-refractivity contribution < 1.29 is 8.78 Å². The van der Waals surface area contributed by atoms with Crippen LogP contribution in [0.15, 0.2) is 12.3 Å². The lowest BCUT2D eigenvalue weighted by Gasteiger charge is -2.23. The summed E-state index contributed by atoms with van der Waals surface area (Å²) in [6, 6.07) is 1.14. The smallest absolute Gasteiger partial charge is 0.168 e. The van der Waals surface area contributed by atoms with Gasteiger partial charge in [0.2, 0.25) is 0 Å². The summed E-state index contributed by atoms with van der Waals surface area (Å²) in [6.45, 7) is 0. The van der Waals surface area contributed by atoms with Crippen LogP contribution in [0.1, 0.15) is 32.1 Å². The van der Waals surface area contributed by atoms with Crippen molar-refractivity contribution in [3.8, 4) is 0 Å². The third-order valence-electron chi connectivity index (χ3n) is 2.75. The average Bonchev–Trinajstić information content (AvgIpc) is 2.24. The first-order valence-corrected chi connectivity index (χ1v) is 5.33. The highest BCUT2D eigenvalue weighted by Crippen LogP contribution is 2.22. The van der Waals surface area contributed by atoms with Crippen molar-refractivity contribution in [3.05, 3.63) is 23.9 Å². The van der Waals surface area contributed by atoms with E-state index < -0.39 is 11.6 Å². The van der Waals surface area contributed by atoms with Crippen molar-refractivity contribution in [2.75, 3.05) is 5.32 Å². The standard InChI is InChI=1S/C11H14F2N2/c12-8-6-10(13)11(14-7-8)15-9-4-2-1-3-5-9/h6-7,9H,1-5H2,(H,14,15). The van der Waals surface area contributed by atoms with Crippen LogP contribution in [0, 0.1) is 11.6 Å². The maximum atomic E-state index is 13.2. The van der Waals surface area contributed by atoms with Gasteiger partial charge in [-0.15, -0.1) is 0 Å². The molecule has 0 amide bonds. The quantitative estimate of drug-likeness (QED) is 0.814. The summed E-state index contributed by atoms with van der Waals surface area (Å²) in [7, 11) is 0. The number of rotatable bonds is 2. The number of pyridine rings is 1. The fraction of sp³-hybridized carbons (Fsp3) is 0.545. The van der Waals surface area contributed by atoms with E-state index in [-0.39, 0.29) is 11.9 Å². The zero-order chi connectivity index (χ0) is 10.7. The van der Waals surface area contributed by atoms with Gasteiger partial charge in [0.25, 0.3) is 0 Å². The second-order valence-corrected chi connectivity index (χ2v) is 3.96. The lowest BCUT2D eigenvalue weighted by Crippen LogP contribution is -2.23. The van der Waals surface area contributed by atoms with E-state index in [1.165, 1.54) is 19.3 Å². The maximum absolute atomic E-state index is 13.2. The highest BCUT2D eigenvalue weighted by Gasteiger charge is 2.15. The molecular formula is C11H14F2N2. The summed E-state index contributed by atoms with van der Waals surface area (Å²) in [5.41, 5.74) is 0. The number of aromatic nitrogens is 1. The number of anilines is 1. The number of nitrogens with one attached hydrogen (secondary N) is 1. The van der Waals surface area contributed by atoms with Gasteiger partial charge in [-0.3, -0.25) is 0 Å². The summed E-state index contributed by atoms with van der Waals surface area (Å²) >= 11 is 0. The predicted molar refractivity (Wildman–Crippen MR) is 54.6 cm³/mol. The zero-order valence-electron chi connectivity index (χ0n) is 8.47. The summed E-state index contributed by atoms with van der Waals surface area (Å²) in [6.07, 6.45) is 6.70. The van der Waals surface area contributed by atoms with Crippen LogP contribution in [0.4, 0.5) is 14.6 Å². The van der Waals surface area contributed by atoms with Gasteiger partial charge >= 0.3 is 0 Å². The molecule has 0 bridgehead atoms. The topological polar surface area (TPSA) is 24.9 Å². The fourth-order valence-corrected chi connectivity index (χ4v) is 1.96. The van der Waals surface area contributed by atoms with Gasteiger partial charge in [-0.25, -0.2) is 13.8 Å². The SMILES string of the molecule is Fc1cnc(NC2CCCCC2)c(F)c1. The maximum Gasteiger partial charge on any atom is 0.168 e. The highest BCUT2D eigenvalue weighted by molar-refractivity contribution is 5.36. The summed E-state index contributed by atoms with van der Waals surface area (Å²) in [5, 5.41) is 3.02. The summed E-state index contributed by atoms with van der Waals surface area (Å²) < 4.78 is 25.8. The van der Waals surface area contributed by atoms with E-state index in [0.717, 1.165) is 25.1 Å². The number of nitrogens with zero attached hydrogens (tertiary/aromatic N) is 1. The van der Waals surface area contributed by atoms with Crippen molar-refractivity contribution >= 4 is 5.82 Å². The molecule has 1 aliphatic rings. The largest absolute Gasteiger partial charge is 0.365 e. The Bertz CT molecular complexity index is 335. The van der Waals surface area contributed by atoms with Gasteiger partial charge in [0, 0.05) is 12.1 Å². The molecule has 0 radical (unpaired) electrons. The molecule has 0 atom stereocenters. The lowest BCUT2D eigenvalue weighted by molar-refractivity contribution is 0.458. The molecule has 15 heavy (non-hydrogen) atoms. The molecule has 1 heterocycles. The summed E-state index contributed by atoms with van der Waals surface area (Å²) in [5.74, 6) is -1.08. The van der Waals surface area contributed by atoms with Crippen LogP contribution >= 0.6 is 0 Å². The zero-order valence-corrected chi connectivity index (χ0v) is 8.47. The number of hydrogen-bond donors (Lipinski definition) is 1. The molecule has 0 aliphatic heterocycles.